The van der Waals surface area contributed by atoms with Crippen LogP contribution in [0.2, 0.25) is 25.2 Å². The Bertz CT molecular complexity index is 105. The van der Waals surface area contributed by atoms with Crippen molar-refractivity contribution in [2.45, 2.75) is 51.4 Å². The second-order valence-electron chi connectivity index (χ2n) is 4.11. The molecule has 0 aromatic rings. The van der Waals surface area contributed by atoms with Crippen molar-refractivity contribution < 1.29 is 0 Å². The van der Waals surface area contributed by atoms with Crippen LogP contribution in [-0.4, -0.2) is 8.07 Å². The van der Waals surface area contributed by atoms with Gasteiger partial charge in [-0.25, -0.2) is 0 Å². The van der Waals surface area contributed by atoms with Gasteiger partial charge in [0.25, 0.3) is 0 Å². The van der Waals surface area contributed by atoms with Crippen LogP contribution in [-0.2, 0) is 0 Å². The SMILES string of the molecule is C=CC[Si](C)(C)CCCCC. The zero-order valence-corrected chi connectivity index (χ0v) is 9.32. The first-order valence-corrected chi connectivity index (χ1v) is 8.14. The lowest BCUT2D eigenvalue weighted by molar-refractivity contribution is 0.762. The van der Waals surface area contributed by atoms with E-state index in [0.717, 1.165) is 0 Å². The maximum absolute atomic E-state index is 3.81. The molecule has 0 aromatic heterocycles. The van der Waals surface area contributed by atoms with Gasteiger partial charge in [-0.05, 0) is 6.04 Å². The van der Waals surface area contributed by atoms with Gasteiger partial charge in [-0.15, -0.1) is 6.58 Å². The molecule has 66 valence electrons. The van der Waals surface area contributed by atoms with E-state index in [9.17, 15) is 0 Å². The minimum absolute atomic E-state index is 0.859. The van der Waals surface area contributed by atoms with Crippen LogP contribution in [0, 0.1) is 0 Å². The standard InChI is InChI=1S/C10H22Si/c1-5-7-8-10-11(3,4)9-6-2/h6H,2,5,7-10H2,1,3-4H3. The quantitative estimate of drug-likeness (QED) is 0.320. The topological polar surface area (TPSA) is 0 Å². The number of allylic oxidation sites excluding steroid dienone is 1. The molecule has 0 rings (SSSR count). The Labute approximate surface area is 72.7 Å². The van der Waals surface area contributed by atoms with E-state index in [1.807, 2.05) is 0 Å². The monoisotopic (exact) mass is 170 g/mol. The molecule has 0 aliphatic rings. The zero-order valence-electron chi connectivity index (χ0n) is 8.32. The minimum Gasteiger partial charge on any atom is -0.103 e. The molecule has 0 aliphatic carbocycles. The molecule has 0 nitrogen and oxygen atoms in total. The van der Waals surface area contributed by atoms with Crippen molar-refractivity contribution in [2.75, 3.05) is 0 Å². The molecule has 0 N–H and O–H groups in total. The molecule has 0 heterocycles. The fourth-order valence-electron chi connectivity index (χ4n) is 1.35. The Morgan fingerprint density at radius 1 is 1.27 bits per heavy atom. The summed E-state index contributed by atoms with van der Waals surface area (Å²) in [7, 11) is -0.859. The van der Waals surface area contributed by atoms with Crippen molar-refractivity contribution in [1.82, 2.24) is 0 Å². The summed E-state index contributed by atoms with van der Waals surface area (Å²) in [5.41, 5.74) is 0. The first-order valence-electron chi connectivity index (χ1n) is 4.73. The van der Waals surface area contributed by atoms with Crippen LogP contribution in [0.5, 0.6) is 0 Å². The van der Waals surface area contributed by atoms with Crippen molar-refractivity contribution in [2.24, 2.45) is 0 Å². The molecule has 0 unspecified atom stereocenters. The van der Waals surface area contributed by atoms with Crippen LogP contribution in [0.1, 0.15) is 26.2 Å². The minimum atomic E-state index is -0.859. The van der Waals surface area contributed by atoms with Gasteiger partial charge in [-0.2, -0.15) is 0 Å². The van der Waals surface area contributed by atoms with Crippen molar-refractivity contribution in [1.29, 1.82) is 0 Å². The van der Waals surface area contributed by atoms with Gasteiger partial charge >= 0.3 is 0 Å². The molecule has 0 saturated carbocycles. The number of hydrogen-bond acceptors (Lipinski definition) is 0. The van der Waals surface area contributed by atoms with E-state index in [1.54, 1.807) is 0 Å². The molecule has 0 aromatic carbocycles. The van der Waals surface area contributed by atoms with Gasteiger partial charge in [-0.1, -0.05) is 51.4 Å². The number of hydrogen-bond donors (Lipinski definition) is 0. The van der Waals surface area contributed by atoms with Crippen LogP contribution in [0.3, 0.4) is 0 Å². The Balaban J connectivity index is 3.45. The molecule has 1 heteroatoms. The second-order valence-corrected chi connectivity index (χ2v) is 9.35. The Kier molecular flexibility index (Phi) is 5.57. The van der Waals surface area contributed by atoms with E-state index in [1.165, 1.54) is 31.4 Å². The van der Waals surface area contributed by atoms with Gasteiger partial charge in [0.2, 0.25) is 0 Å². The first kappa shape index (κ1) is 11.0. The van der Waals surface area contributed by atoms with Crippen molar-refractivity contribution >= 4 is 8.07 Å². The van der Waals surface area contributed by atoms with Crippen LogP contribution < -0.4 is 0 Å². The summed E-state index contributed by atoms with van der Waals surface area (Å²) in [5, 5.41) is 0. The Hall–Kier alpha value is -0.0431. The Morgan fingerprint density at radius 3 is 2.36 bits per heavy atom. The van der Waals surface area contributed by atoms with Gasteiger partial charge in [0.05, 0.1) is 8.07 Å². The molecule has 0 saturated heterocycles. The van der Waals surface area contributed by atoms with E-state index in [-0.39, 0.29) is 0 Å². The van der Waals surface area contributed by atoms with Gasteiger partial charge in [-0.3, -0.25) is 0 Å². The number of rotatable bonds is 6. The van der Waals surface area contributed by atoms with Crippen LogP contribution in [0.4, 0.5) is 0 Å². The highest BCUT2D eigenvalue weighted by Gasteiger charge is 2.16. The highest BCUT2D eigenvalue weighted by Crippen LogP contribution is 2.19. The van der Waals surface area contributed by atoms with E-state index >= 15 is 0 Å². The number of unbranched alkanes of at least 4 members (excludes halogenated alkanes) is 2. The summed E-state index contributed by atoms with van der Waals surface area (Å²) < 4.78 is 0. The molecule has 0 radical (unpaired) electrons. The second kappa shape index (κ2) is 5.59. The van der Waals surface area contributed by atoms with Crippen molar-refractivity contribution in [3.63, 3.8) is 0 Å². The third-order valence-electron chi connectivity index (χ3n) is 2.15. The summed E-state index contributed by atoms with van der Waals surface area (Å²) in [6, 6.07) is 2.77. The Morgan fingerprint density at radius 2 is 1.91 bits per heavy atom. The van der Waals surface area contributed by atoms with E-state index in [0.29, 0.717) is 0 Å². The third-order valence-corrected chi connectivity index (χ3v) is 5.25. The average molecular weight is 170 g/mol. The highest BCUT2D eigenvalue weighted by molar-refractivity contribution is 6.77. The molecule has 0 fully saturated rings. The van der Waals surface area contributed by atoms with E-state index in [2.05, 4.69) is 32.7 Å². The first-order chi connectivity index (χ1) is 5.12. The smallest absolute Gasteiger partial charge is 0.0511 e. The van der Waals surface area contributed by atoms with Crippen LogP contribution >= 0.6 is 0 Å². The van der Waals surface area contributed by atoms with Crippen molar-refractivity contribution in [3.05, 3.63) is 12.7 Å². The fraction of sp³-hybridized carbons (Fsp3) is 0.800. The van der Waals surface area contributed by atoms with Gasteiger partial charge in [0, 0.05) is 0 Å². The van der Waals surface area contributed by atoms with E-state index < -0.39 is 8.07 Å². The lowest BCUT2D eigenvalue weighted by Crippen LogP contribution is -2.23. The maximum atomic E-state index is 3.81. The highest BCUT2D eigenvalue weighted by atomic mass is 28.3. The summed E-state index contributed by atoms with van der Waals surface area (Å²) in [4.78, 5) is 0. The summed E-state index contributed by atoms with van der Waals surface area (Å²) in [6.07, 6.45) is 6.29. The molecule has 11 heavy (non-hydrogen) atoms. The lowest BCUT2D eigenvalue weighted by Gasteiger charge is -2.19. The molecule has 0 atom stereocenters. The van der Waals surface area contributed by atoms with Gasteiger partial charge in [0.1, 0.15) is 0 Å². The van der Waals surface area contributed by atoms with Gasteiger partial charge < -0.3 is 0 Å². The predicted molar refractivity (Wildman–Crippen MR) is 56.8 cm³/mol. The van der Waals surface area contributed by atoms with Crippen LogP contribution in [0.15, 0.2) is 12.7 Å². The summed E-state index contributed by atoms with van der Waals surface area (Å²) in [6.45, 7) is 11.0. The average Bonchev–Trinajstić information content (AvgIpc) is 1.87. The molecular weight excluding hydrogens is 148 g/mol. The molecule has 0 amide bonds. The lowest BCUT2D eigenvalue weighted by atomic mass is 10.3. The van der Waals surface area contributed by atoms with Crippen LogP contribution in [0.25, 0.3) is 0 Å². The maximum Gasteiger partial charge on any atom is 0.0511 e. The summed E-state index contributed by atoms with van der Waals surface area (Å²) >= 11 is 0. The van der Waals surface area contributed by atoms with Gasteiger partial charge in [0.15, 0.2) is 0 Å². The normalized spacial score (nSPS) is 11.5. The zero-order chi connectivity index (χ0) is 8.74. The molecular formula is C10H22Si. The van der Waals surface area contributed by atoms with Crippen molar-refractivity contribution in [3.8, 4) is 0 Å². The van der Waals surface area contributed by atoms with E-state index in [4.69, 9.17) is 0 Å². The molecule has 0 aliphatic heterocycles. The third kappa shape index (κ3) is 6.36. The largest absolute Gasteiger partial charge is 0.103 e. The fourth-order valence-corrected chi connectivity index (χ4v) is 3.54. The molecule has 0 spiro atoms. The summed E-state index contributed by atoms with van der Waals surface area (Å²) in [5.74, 6) is 0. The predicted octanol–water partition coefficient (Wildman–Crippen LogP) is 4.07. The molecule has 0 bridgehead atoms.